The predicted molar refractivity (Wildman–Crippen MR) is 116 cm³/mol. The van der Waals surface area contributed by atoms with Crippen LogP contribution in [0.15, 0.2) is 29.6 Å². The van der Waals surface area contributed by atoms with E-state index in [1.807, 2.05) is 0 Å². The number of benzene rings is 1. The highest BCUT2D eigenvalue weighted by atomic mass is 32.2. The van der Waals surface area contributed by atoms with Crippen LogP contribution in [0.5, 0.6) is 0 Å². The van der Waals surface area contributed by atoms with Crippen molar-refractivity contribution in [1.82, 2.24) is 15.0 Å². The number of rotatable bonds is 5. The number of nitrogens with one attached hydrogen (secondary N) is 1. The first-order valence-electron chi connectivity index (χ1n) is 9.65. The van der Waals surface area contributed by atoms with Crippen molar-refractivity contribution in [3.63, 3.8) is 0 Å². The van der Waals surface area contributed by atoms with Crippen molar-refractivity contribution in [1.29, 1.82) is 0 Å². The molecule has 4 rings (SSSR count). The average molecular weight is 432 g/mol. The zero-order chi connectivity index (χ0) is 20.2. The number of halogens is 1. The van der Waals surface area contributed by atoms with Crippen molar-refractivity contribution in [2.24, 2.45) is 0 Å². The van der Waals surface area contributed by atoms with Gasteiger partial charge in [0.2, 0.25) is 5.91 Å². The highest BCUT2D eigenvalue weighted by Crippen LogP contribution is 2.34. The molecule has 0 radical (unpaired) electrons. The summed E-state index contributed by atoms with van der Waals surface area (Å²) in [6.07, 6.45) is 6.39. The Balaban J connectivity index is 1.44. The molecule has 0 bridgehead atoms. The first-order chi connectivity index (χ1) is 14.1. The van der Waals surface area contributed by atoms with E-state index in [0.29, 0.717) is 16.9 Å². The number of thiazole rings is 1. The topological polar surface area (TPSA) is 71.0 Å². The molecule has 0 atom stereocenters. The number of carbonyl (C=O) groups excluding carboxylic acids is 1. The van der Waals surface area contributed by atoms with Gasteiger partial charge < -0.3 is 10.2 Å². The van der Waals surface area contributed by atoms with Crippen molar-refractivity contribution in [2.45, 2.75) is 37.6 Å². The van der Waals surface area contributed by atoms with Gasteiger partial charge in [0.15, 0.2) is 10.8 Å². The lowest BCUT2D eigenvalue weighted by Crippen LogP contribution is -2.23. The largest absolute Gasteiger partial charge is 0.348 e. The molecule has 1 N–H and O–H groups in total. The van der Waals surface area contributed by atoms with Crippen molar-refractivity contribution in [2.75, 3.05) is 29.1 Å². The third-order valence-electron chi connectivity index (χ3n) is 4.82. The van der Waals surface area contributed by atoms with Crippen LogP contribution in [0.2, 0.25) is 0 Å². The van der Waals surface area contributed by atoms with Crippen LogP contribution in [0.4, 0.5) is 15.2 Å². The Bertz CT molecular complexity index is 1020. The Kier molecular flexibility index (Phi) is 6.25. The molecule has 2 aromatic heterocycles. The van der Waals surface area contributed by atoms with Crippen LogP contribution in [-0.2, 0) is 4.79 Å². The molecule has 0 spiro atoms. The Morgan fingerprint density at radius 3 is 2.79 bits per heavy atom. The predicted octanol–water partition coefficient (Wildman–Crippen LogP) is 4.65. The van der Waals surface area contributed by atoms with Gasteiger partial charge in [-0.15, -0.1) is 0 Å². The van der Waals surface area contributed by atoms with Gasteiger partial charge in [0.05, 0.1) is 5.75 Å². The Morgan fingerprint density at radius 2 is 2.03 bits per heavy atom. The molecule has 9 heteroatoms. The fourth-order valence-corrected chi connectivity index (χ4v) is 5.17. The van der Waals surface area contributed by atoms with Gasteiger partial charge in [-0.1, -0.05) is 42.0 Å². The standard InChI is InChI=1S/C20H22FN5OS2/c1-13-6-7-14(10-15(13)21)24-16(27)11-28-19-17-18(22-12-23-19)25-20(29-17)26-8-4-2-3-5-9-26/h6-7,10,12H,2-5,8-9,11H2,1H3,(H,24,27). The van der Waals surface area contributed by atoms with Gasteiger partial charge in [0, 0.05) is 18.8 Å². The van der Waals surface area contributed by atoms with Gasteiger partial charge in [-0.2, -0.15) is 4.98 Å². The van der Waals surface area contributed by atoms with E-state index in [0.717, 1.165) is 27.9 Å². The molecule has 1 aliphatic heterocycles. The number of aromatic nitrogens is 3. The fraction of sp³-hybridized carbons (Fsp3) is 0.400. The minimum absolute atomic E-state index is 0.179. The van der Waals surface area contributed by atoms with Crippen LogP contribution in [0.25, 0.3) is 10.3 Å². The van der Waals surface area contributed by atoms with E-state index in [4.69, 9.17) is 0 Å². The van der Waals surface area contributed by atoms with Crippen LogP contribution >= 0.6 is 23.1 Å². The van der Waals surface area contributed by atoms with Crippen molar-refractivity contribution >= 4 is 50.2 Å². The molecule has 0 saturated carbocycles. The van der Waals surface area contributed by atoms with Crippen LogP contribution in [0.3, 0.4) is 0 Å². The molecule has 6 nitrogen and oxygen atoms in total. The molecule has 1 fully saturated rings. The summed E-state index contributed by atoms with van der Waals surface area (Å²) in [6.45, 7) is 3.72. The molecule has 1 amide bonds. The maximum Gasteiger partial charge on any atom is 0.234 e. The van der Waals surface area contributed by atoms with E-state index >= 15 is 0 Å². The summed E-state index contributed by atoms with van der Waals surface area (Å²) in [5.74, 6) is -0.362. The first kappa shape index (κ1) is 20.0. The van der Waals surface area contributed by atoms with Crippen LogP contribution < -0.4 is 10.2 Å². The molecule has 152 valence electrons. The van der Waals surface area contributed by atoms with Crippen LogP contribution in [0.1, 0.15) is 31.2 Å². The van der Waals surface area contributed by atoms with Crippen LogP contribution in [-0.4, -0.2) is 39.7 Å². The summed E-state index contributed by atoms with van der Waals surface area (Å²) in [6, 6.07) is 4.67. The highest BCUT2D eigenvalue weighted by molar-refractivity contribution is 8.00. The third kappa shape index (κ3) is 4.84. The lowest BCUT2D eigenvalue weighted by Gasteiger charge is -2.18. The van der Waals surface area contributed by atoms with Crippen molar-refractivity contribution < 1.29 is 9.18 Å². The Morgan fingerprint density at radius 1 is 1.24 bits per heavy atom. The molecular weight excluding hydrogens is 409 g/mol. The van der Waals surface area contributed by atoms with Gasteiger partial charge in [-0.3, -0.25) is 4.79 Å². The number of carbonyl (C=O) groups is 1. The maximum absolute atomic E-state index is 13.7. The number of fused-ring (bicyclic) bond motifs is 1. The molecule has 1 aromatic carbocycles. The molecule has 29 heavy (non-hydrogen) atoms. The SMILES string of the molecule is Cc1ccc(NC(=O)CSc2ncnc3nc(N4CCCCCC4)sc23)cc1F. The minimum atomic E-state index is -0.335. The molecule has 3 heterocycles. The van der Waals surface area contributed by atoms with Gasteiger partial charge in [-0.05, 0) is 37.5 Å². The molecule has 1 aliphatic rings. The second-order valence-corrected chi connectivity index (χ2v) is 8.97. The molecule has 3 aromatic rings. The fourth-order valence-electron chi connectivity index (χ4n) is 3.22. The van der Waals surface area contributed by atoms with E-state index in [-0.39, 0.29) is 17.5 Å². The summed E-state index contributed by atoms with van der Waals surface area (Å²) >= 11 is 2.93. The summed E-state index contributed by atoms with van der Waals surface area (Å²) in [5, 5.41) is 4.45. The Hall–Kier alpha value is -2.26. The summed E-state index contributed by atoms with van der Waals surface area (Å²) < 4.78 is 14.6. The highest BCUT2D eigenvalue weighted by Gasteiger charge is 2.18. The minimum Gasteiger partial charge on any atom is -0.348 e. The maximum atomic E-state index is 13.7. The van der Waals surface area contributed by atoms with E-state index in [1.165, 1.54) is 49.8 Å². The average Bonchev–Trinajstić information content (AvgIpc) is 2.96. The van der Waals surface area contributed by atoms with Crippen LogP contribution in [0, 0.1) is 12.7 Å². The second kappa shape index (κ2) is 9.04. The smallest absolute Gasteiger partial charge is 0.234 e. The van der Waals surface area contributed by atoms with E-state index < -0.39 is 0 Å². The zero-order valence-corrected chi connectivity index (χ0v) is 17.8. The molecular formula is C20H22FN5OS2. The summed E-state index contributed by atoms with van der Waals surface area (Å²) in [5.41, 5.74) is 1.67. The van der Waals surface area contributed by atoms with Gasteiger partial charge in [0.1, 0.15) is 21.9 Å². The second-order valence-electron chi connectivity index (χ2n) is 7.03. The number of hydrogen-bond donors (Lipinski definition) is 1. The van der Waals surface area contributed by atoms with Gasteiger partial charge in [-0.25, -0.2) is 14.4 Å². The molecule has 0 unspecified atom stereocenters. The normalized spacial score (nSPS) is 14.8. The molecule has 1 saturated heterocycles. The monoisotopic (exact) mass is 431 g/mol. The van der Waals surface area contributed by atoms with E-state index in [1.54, 1.807) is 30.4 Å². The number of aryl methyl sites for hydroxylation is 1. The van der Waals surface area contributed by atoms with E-state index in [2.05, 4.69) is 25.2 Å². The first-order valence-corrected chi connectivity index (χ1v) is 11.5. The number of anilines is 2. The van der Waals surface area contributed by atoms with Crippen molar-refractivity contribution in [3.8, 4) is 0 Å². The number of hydrogen-bond acceptors (Lipinski definition) is 7. The molecule has 0 aliphatic carbocycles. The van der Waals surface area contributed by atoms with Gasteiger partial charge in [0.25, 0.3) is 0 Å². The summed E-state index contributed by atoms with van der Waals surface area (Å²) in [4.78, 5) is 28.0. The van der Waals surface area contributed by atoms with E-state index in [9.17, 15) is 9.18 Å². The van der Waals surface area contributed by atoms with Crippen molar-refractivity contribution in [3.05, 3.63) is 35.9 Å². The quantitative estimate of drug-likeness (QED) is 0.469. The zero-order valence-electron chi connectivity index (χ0n) is 16.2. The lowest BCUT2D eigenvalue weighted by atomic mass is 10.2. The number of nitrogens with zero attached hydrogens (tertiary/aromatic N) is 4. The van der Waals surface area contributed by atoms with Gasteiger partial charge >= 0.3 is 0 Å². The number of amides is 1. The number of thioether (sulfide) groups is 1. The summed E-state index contributed by atoms with van der Waals surface area (Å²) in [7, 11) is 0. The lowest BCUT2D eigenvalue weighted by molar-refractivity contribution is -0.113. The third-order valence-corrected chi connectivity index (χ3v) is 7.05. The Labute approximate surface area is 177 Å².